The van der Waals surface area contributed by atoms with E-state index >= 15 is 0 Å². The van der Waals surface area contributed by atoms with Gasteiger partial charge in [-0.2, -0.15) is 4.58 Å². The second-order valence-electron chi connectivity index (χ2n) is 9.39. The van der Waals surface area contributed by atoms with E-state index in [1.54, 1.807) is 42.3 Å². The molecule has 9 heteroatoms. The largest absolute Gasteiger partial charge is 0.493 e. The molecule has 2 aliphatic rings. The summed E-state index contributed by atoms with van der Waals surface area (Å²) in [6, 6.07) is 10.6. The normalized spacial score (nSPS) is 15.6. The molecule has 2 aliphatic heterocycles. The summed E-state index contributed by atoms with van der Waals surface area (Å²) >= 11 is 0. The van der Waals surface area contributed by atoms with E-state index in [0.29, 0.717) is 47.9 Å². The highest BCUT2D eigenvalue weighted by Gasteiger charge is 2.41. The molecule has 0 bridgehead atoms. The molecule has 4 rings (SSSR count). The molecule has 0 aliphatic carbocycles. The maximum atomic E-state index is 13.4. The average Bonchev–Trinajstić information content (AvgIpc) is 3.08. The molecular weight excluding hydrogens is 450 g/mol. The Morgan fingerprint density at radius 3 is 2.40 bits per heavy atom. The topological polar surface area (TPSA) is 88.4 Å². The molecule has 9 nitrogen and oxygen atoms in total. The Bertz CT molecular complexity index is 1210. The number of hydrogen-bond donors (Lipinski definition) is 0. The lowest BCUT2D eigenvalue weighted by molar-refractivity contribution is -0.442. The summed E-state index contributed by atoms with van der Waals surface area (Å²) in [6.07, 6.45) is 1.47. The minimum absolute atomic E-state index is 0.113. The number of rotatable bonds is 5. The van der Waals surface area contributed by atoms with Crippen LogP contribution in [0.2, 0.25) is 0 Å². The molecular formula is C26H30N3O6+. The van der Waals surface area contributed by atoms with Crippen LogP contribution in [0.5, 0.6) is 11.5 Å². The fourth-order valence-electron chi connectivity index (χ4n) is 4.18. The molecule has 0 spiro atoms. The maximum absolute atomic E-state index is 13.4. The summed E-state index contributed by atoms with van der Waals surface area (Å²) in [5, 5.41) is 0. The zero-order chi connectivity index (χ0) is 25.3. The predicted octanol–water partition coefficient (Wildman–Crippen LogP) is 3.47. The monoisotopic (exact) mass is 480 g/mol. The van der Waals surface area contributed by atoms with Crippen molar-refractivity contribution in [2.45, 2.75) is 32.9 Å². The van der Waals surface area contributed by atoms with E-state index in [0.717, 1.165) is 5.56 Å². The number of nitrogens with zero attached hydrogens (tertiary/aromatic N) is 3. The van der Waals surface area contributed by atoms with Crippen molar-refractivity contribution in [2.75, 3.05) is 33.9 Å². The third-order valence-electron chi connectivity index (χ3n) is 5.86. The molecule has 3 amide bonds. The zero-order valence-corrected chi connectivity index (χ0v) is 20.7. The van der Waals surface area contributed by atoms with Gasteiger partial charge in [0.2, 0.25) is 5.69 Å². The number of fused-ring (bicyclic) bond motifs is 1. The second-order valence-corrected chi connectivity index (χ2v) is 9.39. The van der Waals surface area contributed by atoms with Gasteiger partial charge in [0.15, 0.2) is 24.3 Å². The minimum atomic E-state index is -0.571. The van der Waals surface area contributed by atoms with Gasteiger partial charge in [-0.3, -0.25) is 19.4 Å². The molecule has 0 atom stereocenters. The Morgan fingerprint density at radius 1 is 1.03 bits per heavy atom. The van der Waals surface area contributed by atoms with Crippen LogP contribution < -0.4 is 9.47 Å². The van der Waals surface area contributed by atoms with E-state index < -0.39 is 5.60 Å². The van der Waals surface area contributed by atoms with Gasteiger partial charge in [-0.05, 0) is 44.5 Å². The fraction of sp³-hybridized carbons (Fsp3) is 0.385. The van der Waals surface area contributed by atoms with Crippen LogP contribution in [0.4, 0.5) is 10.5 Å². The fourth-order valence-corrected chi connectivity index (χ4v) is 4.18. The third kappa shape index (κ3) is 4.84. The quantitative estimate of drug-likeness (QED) is 0.481. The molecule has 184 valence electrons. The SMILES string of the molecule is COc1ccc(CN2C(=O)c3cccc([N+]4=CCN(C(=O)OC(C)(C)C)CC4)c3C2=O)cc1OC. The van der Waals surface area contributed by atoms with Crippen molar-refractivity contribution in [3.63, 3.8) is 0 Å². The second kappa shape index (κ2) is 9.40. The number of carbonyl (C=O) groups excluding carboxylic acids is 3. The maximum Gasteiger partial charge on any atom is 0.411 e. The van der Waals surface area contributed by atoms with Crippen molar-refractivity contribution in [3.8, 4) is 11.5 Å². The van der Waals surface area contributed by atoms with Gasteiger partial charge in [0, 0.05) is 6.07 Å². The van der Waals surface area contributed by atoms with Crippen molar-refractivity contribution in [2.24, 2.45) is 0 Å². The van der Waals surface area contributed by atoms with Crippen LogP contribution in [-0.2, 0) is 11.3 Å². The summed E-state index contributed by atoms with van der Waals surface area (Å²) in [5.74, 6) is 0.411. The number of carbonyl (C=O) groups is 3. The molecule has 0 radical (unpaired) electrons. The Hall–Kier alpha value is -3.88. The summed E-state index contributed by atoms with van der Waals surface area (Å²) in [5.41, 5.74) is 1.57. The standard InChI is InChI=1S/C26H30N3O6/c1-26(2,3)35-25(32)28-13-11-27(12-14-28)19-8-6-7-18-22(19)24(31)29(23(18)30)16-17-9-10-20(33-4)21(15-17)34-5/h6-11,15H,12-14,16H2,1-5H3/q+1. The van der Waals surface area contributed by atoms with Crippen molar-refractivity contribution >= 4 is 29.8 Å². The summed E-state index contributed by atoms with van der Waals surface area (Å²) in [4.78, 5) is 41.8. The predicted molar refractivity (Wildman–Crippen MR) is 129 cm³/mol. The number of ether oxygens (including phenoxy) is 3. The Labute approximate surface area is 204 Å². The van der Waals surface area contributed by atoms with Gasteiger partial charge in [0.25, 0.3) is 11.8 Å². The molecule has 0 fully saturated rings. The van der Waals surface area contributed by atoms with Crippen LogP contribution >= 0.6 is 0 Å². The number of amides is 3. The van der Waals surface area contributed by atoms with Gasteiger partial charge in [-0.15, -0.1) is 0 Å². The molecule has 2 aromatic rings. The van der Waals surface area contributed by atoms with E-state index in [1.807, 2.05) is 37.6 Å². The van der Waals surface area contributed by atoms with Gasteiger partial charge >= 0.3 is 6.09 Å². The van der Waals surface area contributed by atoms with E-state index in [1.165, 1.54) is 12.0 Å². The minimum Gasteiger partial charge on any atom is -0.493 e. The van der Waals surface area contributed by atoms with E-state index in [-0.39, 0.29) is 24.5 Å². The Balaban J connectivity index is 1.56. The first kappa shape index (κ1) is 24.3. The molecule has 2 aromatic carbocycles. The summed E-state index contributed by atoms with van der Waals surface area (Å²) in [6.45, 7) is 6.86. The van der Waals surface area contributed by atoms with Crippen LogP contribution in [0.15, 0.2) is 36.4 Å². The zero-order valence-electron chi connectivity index (χ0n) is 20.7. The lowest BCUT2D eigenvalue weighted by Gasteiger charge is -2.27. The van der Waals surface area contributed by atoms with Gasteiger partial charge in [0.05, 0.1) is 32.9 Å². The van der Waals surface area contributed by atoms with Gasteiger partial charge < -0.3 is 14.2 Å². The van der Waals surface area contributed by atoms with Crippen LogP contribution in [-0.4, -0.2) is 78.0 Å². The lowest BCUT2D eigenvalue weighted by atomic mass is 10.1. The summed E-state index contributed by atoms with van der Waals surface area (Å²) < 4.78 is 18.0. The van der Waals surface area contributed by atoms with Gasteiger partial charge in [-0.25, -0.2) is 4.79 Å². The van der Waals surface area contributed by atoms with Gasteiger partial charge in [0.1, 0.15) is 17.7 Å². The van der Waals surface area contributed by atoms with Crippen molar-refractivity contribution < 1.29 is 33.2 Å². The van der Waals surface area contributed by atoms with Crippen LogP contribution in [0.1, 0.15) is 47.1 Å². The molecule has 2 heterocycles. The molecule has 0 N–H and O–H groups in total. The molecule has 0 saturated heterocycles. The van der Waals surface area contributed by atoms with Crippen molar-refractivity contribution in [3.05, 3.63) is 53.1 Å². The number of benzene rings is 2. The van der Waals surface area contributed by atoms with Crippen molar-refractivity contribution in [1.82, 2.24) is 9.80 Å². The number of hydrogen-bond acceptors (Lipinski definition) is 6. The van der Waals surface area contributed by atoms with E-state index in [4.69, 9.17) is 14.2 Å². The first-order valence-corrected chi connectivity index (χ1v) is 11.4. The molecule has 0 saturated carbocycles. The highest BCUT2D eigenvalue weighted by Crippen LogP contribution is 2.34. The molecule has 0 unspecified atom stereocenters. The lowest BCUT2D eigenvalue weighted by Crippen LogP contribution is -2.44. The molecule has 0 aromatic heterocycles. The third-order valence-corrected chi connectivity index (χ3v) is 5.86. The first-order valence-electron chi connectivity index (χ1n) is 11.4. The highest BCUT2D eigenvalue weighted by molar-refractivity contribution is 6.23. The Morgan fingerprint density at radius 2 is 1.77 bits per heavy atom. The Kier molecular flexibility index (Phi) is 6.51. The average molecular weight is 481 g/mol. The van der Waals surface area contributed by atoms with Crippen LogP contribution in [0.25, 0.3) is 0 Å². The van der Waals surface area contributed by atoms with Crippen LogP contribution in [0.3, 0.4) is 0 Å². The number of methoxy groups -OCH3 is 2. The van der Waals surface area contributed by atoms with E-state index in [9.17, 15) is 14.4 Å². The first-order chi connectivity index (χ1) is 16.6. The van der Waals surface area contributed by atoms with Crippen molar-refractivity contribution in [1.29, 1.82) is 0 Å². The summed E-state index contributed by atoms with van der Waals surface area (Å²) in [7, 11) is 3.09. The molecule has 35 heavy (non-hydrogen) atoms. The van der Waals surface area contributed by atoms with E-state index in [2.05, 4.69) is 0 Å². The smallest absolute Gasteiger partial charge is 0.411 e. The number of imide groups is 1. The van der Waals surface area contributed by atoms with Crippen LogP contribution in [0, 0.1) is 0 Å². The highest BCUT2D eigenvalue weighted by atomic mass is 16.6. The van der Waals surface area contributed by atoms with Gasteiger partial charge in [-0.1, -0.05) is 12.1 Å².